The fraction of sp³-hybridized carbons (Fsp3) is 0.429. The normalized spacial score (nSPS) is 20.2. The Labute approximate surface area is 279 Å². The summed E-state index contributed by atoms with van der Waals surface area (Å²) in [7, 11) is 1.17. The van der Waals surface area contributed by atoms with Crippen molar-refractivity contribution in [3.8, 4) is 17.2 Å². The van der Waals surface area contributed by atoms with Crippen molar-refractivity contribution in [3.05, 3.63) is 47.9 Å². The molecule has 4 bridgehead atoms. The van der Waals surface area contributed by atoms with Crippen LogP contribution in [0.3, 0.4) is 0 Å². The van der Waals surface area contributed by atoms with Crippen LogP contribution in [0.25, 0.3) is 0 Å². The first kappa shape index (κ1) is 34.9. The molecule has 5 N–H and O–H groups in total. The summed E-state index contributed by atoms with van der Waals surface area (Å²) in [5, 5.41) is 28.8. The molecule has 2 aliphatic rings. The van der Waals surface area contributed by atoms with Crippen LogP contribution in [-0.4, -0.2) is 71.0 Å². The third-order valence-electron chi connectivity index (χ3n) is 6.11. The summed E-state index contributed by atoms with van der Waals surface area (Å²) in [6, 6.07) is 2.52. The van der Waals surface area contributed by atoms with Crippen molar-refractivity contribution in [1.29, 1.82) is 0 Å². The van der Waals surface area contributed by atoms with E-state index >= 15 is 0 Å². The molecule has 0 saturated heterocycles. The smallest absolute Gasteiger partial charge is 0.408 e. The monoisotopic (exact) mass is 839 g/mol. The maximum absolute atomic E-state index is 13.6. The number of carbonyl (C=O) groups is 4. The van der Waals surface area contributed by atoms with Gasteiger partial charge in [-0.15, -0.1) is 0 Å². The van der Waals surface area contributed by atoms with Crippen LogP contribution >= 0.6 is 54.5 Å². The second kappa shape index (κ2) is 14.4. The molecule has 2 aliphatic heterocycles. The van der Waals surface area contributed by atoms with E-state index in [1.54, 1.807) is 39.0 Å². The zero-order chi connectivity index (χ0) is 32.2. The zero-order valence-electron chi connectivity index (χ0n) is 23.9. The van der Waals surface area contributed by atoms with E-state index in [1.165, 1.54) is 20.1 Å². The summed E-state index contributed by atoms with van der Waals surface area (Å²) in [5.74, 6) is -2.18. The molecule has 4 rings (SSSR count). The number of alkyl carbamates (subject to hydrolysis) is 1. The number of benzene rings is 2. The fourth-order valence-electron chi connectivity index (χ4n) is 4.15. The van der Waals surface area contributed by atoms with Crippen molar-refractivity contribution < 1.29 is 43.6 Å². The van der Waals surface area contributed by atoms with Crippen LogP contribution < -0.4 is 20.7 Å². The minimum atomic E-state index is -1.50. The van der Waals surface area contributed by atoms with Crippen LogP contribution in [0.4, 0.5) is 4.79 Å². The number of esters is 1. The maximum atomic E-state index is 13.6. The lowest BCUT2D eigenvalue weighted by atomic mass is 10.0. The number of aliphatic hydroxyl groups excluding tert-OH is 1. The molecule has 15 heteroatoms. The molecule has 0 unspecified atom stereocenters. The minimum Gasteiger partial charge on any atom is -0.504 e. The van der Waals surface area contributed by atoms with Gasteiger partial charge < -0.3 is 40.4 Å². The Morgan fingerprint density at radius 2 is 1.67 bits per heavy atom. The molecule has 0 saturated carbocycles. The van der Waals surface area contributed by atoms with E-state index in [-0.39, 0.29) is 24.3 Å². The summed E-state index contributed by atoms with van der Waals surface area (Å²) in [6.45, 7) is 6.28. The van der Waals surface area contributed by atoms with Gasteiger partial charge in [0.2, 0.25) is 11.8 Å². The highest BCUT2D eigenvalue weighted by molar-refractivity contribution is 14.1. The lowest BCUT2D eigenvalue weighted by molar-refractivity contribution is -0.145. The van der Waals surface area contributed by atoms with Gasteiger partial charge in [0.05, 0.1) is 25.7 Å². The average molecular weight is 841 g/mol. The minimum absolute atomic E-state index is 0.0160. The van der Waals surface area contributed by atoms with Gasteiger partial charge in [-0.2, -0.15) is 0 Å². The Balaban J connectivity index is 2.17. The Hall–Kier alpha value is -2.63. The Morgan fingerprint density at radius 3 is 2.23 bits per heavy atom. The van der Waals surface area contributed by atoms with E-state index in [0.29, 0.717) is 29.4 Å². The summed E-state index contributed by atoms with van der Waals surface area (Å²) in [5.41, 5.74) is 0.219. The number of halogens is 3. The van der Waals surface area contributed by atoms with Crippen LogP contribution in [0.1, 0.15) is 38.8 Å². The SMILES string of the molecule is COC(=O)[C@@H]1Cc2cc(Br)c(c(Br)c2)Oc2cc(cc(I)c2O)C[C@H](NC(=O)OC(C)(C)C)C(=O)N[C@@H]([C@H](C)O)C(=O)N1. The molecule has 2 heterocycles. The van der Waals surface area contributed by atoms with Gasteiger partial charge in [-0.1, -0.05) is 0 Å². The van der Waals surface area contributed by atoms with Crippen molar-refractivity contribution in [3.63, 3.8) is 0 Å². The number of methoxy groups -OCH3 is 1. The predicted molar refractivity (Wildman–Crippen MR) is 171 cm³/mol. The highest BCUT2D eigenvalue weighted by Crippen LogP contribution is 2.42. The third kappa shape index (κ3) is 9.43. The Morgan fingerprint density at radius 1 is 1.07 bits per heavy atom. The van der Waals surface area contributed by atoms with Crippen LogP contribution in [0.2, 0.25) is 0 Å². The Bertz CT molecular complexity index is 1390. The van der Waals surface area contributed by atoms with Gasteiger partial charge in [-0.3, -0.25) is 9.59 Å². The van der Waals surface area contributed by atoms with Crippen LogP contribution in [-0.2, 0) is 36.7 Å². The van der Waals surface area contributed by atoms with Gasteiger partial charge in [0, 0.05) is 12.8 Å². The highest BCUT2D eigenvalue weighted by Gasteiger charge is 2.34. The number of phenolic OH excluding ortho intramolecular Hbond substituents is 1. The fourth-order valence-corrected chi connectivity index (χ4v) is 6.26. The standard InChI is InChI=1S/C28H32Br2IN3O9/c1-12(35)21-25(38)32-19(26(39)41-5)10-13-6-15(29)23(16(30)7-13)42-20-11-14(8-17(31)22(20)36)9-18(24(37)34-21)33-27(40)43-28(2,3)4/h6-8,11-12,18-19,21,35-36H,9-10H2,1-5H3,(H,32,38)(H,33,40)(H,34,37)/t12-,18-,19-,21-/m0/s1. The van der Waals surface area contributed by atoms with Gasteiger partial charge in [0.15, 0.2) is 17.2 Å². The van der Waals surface area contributed by atoms with E-state index in [9.17, 15) is 29.4 Å². The number of aliphatic hydroxyl groups is 1. The molecular weight excluding hydrogens is 809 g/mol. The lowest BCUT2D eigenvalue weighted by Gasteiger charge is -2.27. The molecule has 2 aromatic carbocycles. The van der Waals surface area contributed by atoms with Gasteiger partial charge in [0.1, 0.15) is 23.7 Å². The molecule has 0 spiro atoms. The first-order valence-electron chi connectivity index (χ1n) is 13.0. The Kier molecular flexibility index (Phi) is 11.7. The molecule has 0 aromatic heterocycles. The predicted octanol–water partition coefficient (Wildman–Crippen LogP) is 3.83. The third-order valence-corrected chi connectivity index (χ3v) is 8.11. The van der Waals surface area contributed by atoms with E-state index in [4.69, 9.17) is 14.2 Å². The molecule has 4 atom stereocenters. The highest BCUT2D eigenvalue weighted by atomic mass is 127. The van der Waals surface area contributed by atoms with Crippen LogP contribution in [0.15, 0.2) is 33.2 Å². The molecule has 43 heavy (non-hydrogen) atoms. The molecule has 3 amide bonds. The number of phenols is 1. The topological polar surface area (TPSA) is 173 Å². The van der Waals surface area contributed by atoms with Gasteiger partial charge in [0.25, 0.3) is 0 Å². The number of nitrogens with one attached hydrogen (secondary N) is 3. The van der Waals surface area contributed by atoms with Gasteiger partial charge in [-0.25, -0.2) is 9.59 Å². The van der Waals surface area contributed by atoms with Gasteiger partial charge >= 0.3 is 12.1 Å². The molecular formula is C28H32Br2IN3O9. The molecule has 234 valence electrons. The van der Waals surface area contributed by atoms with Crippen LogP contribution in [0.5, 0.6) is 17.2 Å². The summed E-state index contributed by atoms with van der Waals surface area (Å²) in [6.07, 6.45) is -2.40. The van der Waals surface area contributed by atoms with Crippen molar-refractivity contribution >= 4 is 78.3 Å². The second-order valence-corrected chi connectivity index (χ2v) is 13.7. The number of rotatable bonds is 3. The molecule has 0 radical (unpaired) electrons. The number of amides is 3. The maximum Gasteiger partial charge on any atom is 0.408 e. The summed E-state index contributed by atoms with van der Waals surface area (Å²) >= 11 is 8.86. The van der Waals surface area contributed by atoms with E-state index in [2.05, 4.69) is 47.8 Å². The van der Waals surface area contributed by atoms with E-state index in [1.807, 2.05) is 22.6 Å². The number of fused-ring (bicyclic) bond motifs is 10. The zero-order valence-corrected chi connectivity index (χ0v) is 29.2. The number of hydrogen-bond acceptors (Lipinski definition) is 9. The van der Waals surface area contributed by atoms with E-state index in [0.717, 1.165) is 0 Å². The lowest BCUT2D eigenvalue weighted by Crippen LogP contribution is -2.59. The molecule has 0 fully saturated rings. The number of hydrogen-bond donors (Lipinski definition) is 5. The van der Waals surface area contributed by atoms with Crippen molar-refractivity contribution in [2.45, 2.75) is 70.4 Å². The molecule has 0 aliphatic carbocycles. The number of aromatic hydroxyl groups is 1. The average Bonchev–Trinajstić information content (AvgIpc) is 2.88. The summed E-state index contributed by atoms with van der Waals surface area (Å²) in [4.78, 5) is 52.3. The first-order valence-corrected chi connectivity index (χ1v) is 15.7. The van der Waals surface area contributed by atoms with Crippen LogP contribution in [0, 0.1) is 3.57 Å². The number of carbonyl (C=O) groups excluding carboxylic acids is 4. The van der Waals surface area contributed by atoms with Gasteiger partial charge in [-0.05, 0) is 118 Å². The quantitative estimate of drug-likeness (QED) is 0.228. The first-order chi connectivity index (χ1) is 20.0. The molecule has 12 nitrogen and oxygen atoms in total. The van der Waals surface area contributed by atoms with Crippen molar-refractivity contribution in [2.75, 3.05) is 7.11 Å². The second-order valence-electron chi connectivity index (χ2n) is 10.8. The number of ether oxygens (including phenoxy) is 3. The van der Waals surface area contributed by atoms with Crippen molar-refractivity contribution in [1.82, 2.24) is 16.0 Å². The van der Waals surface area contributed by atoms with E-state index < -0.39 is 53.7 Å². The van der Waals surface area contributed by atoms with Crippen molar-refractivity contribution in [2.24, 2.45) is 0 Å². The molecule has 2 aromatic rings. The summed E-state index contributed by atoms with van der Waals surface area (Å²) < 4.78 is 17.7. The largest absolute Gasteiger partial charge is 0.504 e.